The number of halogens is 1. The standard InChI is InChI=1S/C22H32FN5O4/c1-14-25-19(20(23)21(26-14)27-8-17-11-32-12-18(17)9-27)7-24-22(30)16(10-28(31)13-29)6-15-4-2-3-5-15/h13,15-18,31H,2-12H2,1H3,(H,24,30)/t16-,17-,18+/m1/s1. The highest BCUT2D eigenvalue weighted by Crippen LogP contribution is 2.33. The minimum Gasteiger partial charge on any atom is -0.381 e. The topological polar surface area (TPSA) is 108 Å². The van der Waals surface area contributed by atoms with Crippen molar-refractivity contribution in [3.63, 3.8) is 0 Å². The van der Waals surface area contributed by atoms with Gasteiger partial charge in [-0.2, -0.15) is 0 Å². The van der Waals surface area contributed by atoms with Gasteiger partial charge in [-0.1, -0.05) is 25.7 Å². The molecule has 2 amide bonds. The van der Waals surface area contributed by atoms with E-state index in [0.29, 0.717) is 67.8 Å². The molecule has 0 spiro atoms. The molecular weight excluding hydrogens is 417 g/mol. The van der Waals surface area contributed by atoms with E-state index in [0.717, 1.165) is 25.7 Å². The lowest BCUT2D eigenvalue weighted by molar-refractivity contribution is -0.155. The van der Waals surface area contributed by atoms with Gasteiger partial charge in [0.25, 0.3) is 0 Å². The maximum atomic E-state index is 15.3. The van der Waals surface area contributed by atoms with E-state index in [9.17, 15) is 14.8 Å². The summed E-state index contributed by atoms with van der Waals surface area (Å²) in [7, 11) is 0. The Balaban J connectivity index is 1.42. The molecule has 0 radical (unpaired) electrons. The number of aryl methyl sites for hydroxylation is 1. The highest BCUT2D eigenvalue weighted by Gasteiger charge is 2.39. The van der Waals surface area contributed by atoms with Crippen LogP contribution in [-0.4, -0.2) is 65.4 Å². The Morgan fingerprint density at radius 3 is 2.66 bits per heavy atom. The number of hydroxylamine groups is 2. The number of amides is 2. The van der Waals surface area contributed by atoms with Gasteiger partial charge in [0.15, 0.2) is 11.6 Å². The second-order valence-corrected chi connectivity index (χ2v) is 9.35. The monoisotopic (exact) mass is 449 g/mol. The first-order valence-corrected chi connectivity index (χ1v) is 11.5. The van der Waals surface area contributed by atoms with E-state index >= 15 is 4.39 Å². The predicted octanol–water partition coefficient (Wildman–Crippen LogP) is 1.67. The van der Waals surface area contributed by atoms with E-state index in [1.165, 1.54) is 0 Å². The second-order valence-electron chi connectivity index (χ2n) is 9.35. The molecular formula is C22H32FN5O4. The summed E-state index contributed by atoms with van der Waals surface area (Å²) in [6.07, 6.45) is 5.24. The number of fused-ring (bicyclic) bond motifs is 1. The number of nitrogens with one attached hydrogen (secondary N) is 1. The molecule has 1 saturated carbocycles. The molecule has 3 heterocycles. The average Bonchev–Trinajstić information content (AvgIpc) is 3.51. The zero-order valence-electron chi connectivity index (χ0n) is 18.5. The third-order valence-electron chi connectivity index (χ3n) is 6.98. The third-order valence-corrected chi connectivity index (χ3v) is 6.98. The Labute approximate surface area is 187 Å². The molecule has 4 rings (SSSR count). The molecule has 0 aromatic carbocycles. The maximum absolute atomic E-state index is 15.3. The van der Waals surface area contributed by atoms with Crippen molar-refractivity contribution in [3.05, 3.63) is 17.3 Å². The summed E-state index contributed by atoms with van der Waals surface area (Å²) in [6, 6.07) is 0. The molecule has 0 unspecified atom stereocenters. The van der Waals surface area contributed by atoms with E-state index in [-0.39, 0.29) is 30.5 Å². The van der Waals surface area contributed by atoms with Crippen LogP contribution in [0.2, 0.25) is 0 Å². The lowest BCUT2D eigenvalue weighted by Gasteiger charge is -2.23. The quantitative estimate of drug-likeness (QED) is 0.335. The molecule has 176 valence electrons. The molecule has 2 aliphatic heterocycles. The van der Waals surface area contributed by atoms with E-state index < -0.39 is 11.7 Å². The number of ether oxygens (including phenoxy) is 1. The fraction of sp³-hybridized carbons (Fsp3) is 0.727. The molecule has 10 heteroatoms. The van der Waals surface area contributed by atoms with Gasteiger partial charge in [0.2, 0.25) is 12.3 Å². The Kier molecular flexibility index (Phi) is 7.20. The number of anilines is 1. The zero-order chi connectivity index (χ0) is 22.7. The molecule has 1 aromatic heterocycles. The van der Waals surface area contributed by atoms with Crippen LogP contribution in [0, 0.1) is 36.4 Å². The van der Waals surface area contributed by atoms with Gasteiger partial charge < -0.3 is 15.0 Å². The van der Waals surface area contributed by atoms with Crippen molar-refractivity contribution in [2.75, 3.05) is 37.7 Å². The van der Waals surface area contributed by atoms with Gasteiger partial charge in [-0.25, -0.2) is 19.4 Å². The largest absolute Gasteiger partial charge is 0.381 e. The number of hydrogen-bond acceptors (Lipinski definition) is 7. The van der Waals surface area contributed by atoms with Gasteiger partial charge >= 0.3 is 0 Å². The summed E-state index contributed by atoms with van der Waals surface area (Å²) >= 11 is 0. The molecule has 32 heavy (non-hydrogen) atoms. The normalized spacial score (nSPS) is 23.9. The minimum atomic E-state index is -0.559. The number of carbonyl (C=O) groups is 2. The van der Waals surface area contributed by atoms with Crippen LogP contribution in [0.5, 0.6) is 0 Å². The van der Waals surface area contributed by atoms with Crippen LogP contribution in [0.1, 0.15) is 43.6 Å². The first kappa shape index (κ1) is 22.8. The van der Waals surface area contributed by atoms with Crippen LogP contribution in [0.4, 0.5) is 10.2 Å². The summed E-state index contributed by atoms with van der Waals surface area (Å²) in [5.41, 5.74) is 0.144. The Hall–Kier alpha value is -2.33. The Bertz CT molecular complexity index is 823. The van der Waals surface area contributed by atoms with Crippen molar-refractivity contribution in [3.8, 4) is 0 Å². The fourth-order valence-corrected chi connectivity index (χ4v) is 5.28. The summed E-state index contributed by atoms with van der Waals surface area (Å²) in [4.78, 5) is 34.2. The molecule has 1 aromatic rings. The second kappa shape index (κ2) is 10.1. The molecule has 2 saturated heterocycles. The summed E-state index contributed by atoms with van der Waals surface area (Å²) in [6.45, 7) is 4.35. The highest BCUT2D eigenvalue weighted by atomic mass is 19.1. The summed E-state index contributed by atoms with van der Waals surface area (Å²) in [5, 5.41) is 12.9. The molecule has 0 bridgehead atoms. The highest BCUT2D eigenvalue weighted by molar-refractivity contribution is 5.79. The van der Waals surface area contributed by atoms with Gasteiger partial charge in [-0.3, -0.25) is 14.8 Å². The van der Waals surface area contributed by atoms with E-state index in [1.807, 2.05) is 4.90 Å². The Morgan fingerprint density at radius 2 is 2.00 bits per heavy atom. The van der Waals surface area contributed by atoms with Crippen molar-refractivity contribution in [2.24, 2.45) is 23.7 Å². The van der Waals surface area contributed by atoms with Gasteiger partial charge in [0, 0.05) is 24.9 Å². The molecule has 9 nitrogen and oxygen atoms in total. The molecule has 3 fully saturated rings. The predicted molar refractivity (Wildman–Crippen MR) is 113 cm³/mol. The van der Waals surface area contributed by atoms with E-state index in [4.69, 9.17) is 4.74 Å². The van der Waals surface area contributed by atoms with Crippen molar-refractivity contribution >= 4 is 18.1 Å². The molecule has 3 atom stereocenters. The van der Waals surface area contributed by atoms with Gasteiger partial charge in [0.1, 0.15) is 11.5 Å². The number of aromatic nitrogens is 2. The fourth-order valence-electron chi connectivity index (χ4n) is 5.28. The van der Waals surface area contributed by atoms with Gasteiger partial charge in [-0.05, 0) is 19.3 Å². The first-order valence-electron chi connectivity index (χ1n) is 11.5. The first-order chi connectivity index (χ1) is 15.4. The number of nitrogens with zero attached hydrogens (tertiary/aromatic N) is 4. The van der Waals surface area contributed by atoms with Crippen molar-refractivity contribution < 1.29 is 23.9 Å². The number of hydrogen-bond donors (Lipinski definition) is 2. The SMILES string of the molecule is Cc1nc(CNC(=O)[C@H](CC2CCCC2)CN(O)C=O)c(F)c(N2C[C@H]3COC[C@H]3C2)n1. The lowest BCUT2D eigenvalue weighted by atomic mass is 9.92. The number of rotatable bonds is 9. The molecule has 3 aliphatic rings. The van der Waals surface area contributed by atoms with Crippen LogP contribution < -0.4 is 10.2 Å². The molecule has 2 N–H and O–H groups in total. The van der Waals surface area contributed by atoms with Crippen LogP contribution in [-0.2, 0) is 20.9 Å². The maximum Gasteiger partial charge on any atom is 0.233 e. The van der Waals surface area contributed by atoms with Crippen LogP contribution in [0.15, 0.2) is 0 Å². The third kappa shape index (κ3) is 5.17. The molecule has 1 aliphatic carbocycles. The lowest BCUT2D eigenvalue weighted by Crippen LogP contribution is -2.38. The summed E-state index contributed by atoms with van der Waals surface area (Å²) in [5.74, 6) is 0.520. The van der Waals surface area contributed by atoms with E-state index in [1.54, 1.807) is 6.92 Å². The minimum absolute atomic E-state index is 0.0709. The summed E-state index contributed by atoms with van der Waals surface area (Å²) < 4.78 is 20.8. The average molecular weight is 450 g/mol. The zero-order valence-corrected chi connectivity index (χ0v) is 18.5. The van der Waals surface area contributed by atoms with Crippen LogP contribution in [0.25, 0.3) is 0 Å². The number of carbonyl (C=O) groups excluding carboxylic acids is 2. The van der Waals surface area contributed by atoms with Crippen molar-refractivity contribution in [1.82, 2.24) is 20.3 Å². The van der Waals surface area contributed by atoms with Crippen LogP contribution in [0.3, 0.4) is 0 Å². The van der Waals surface area contributed by atoms with Gasteiger partial charge in [-0.15, -0.1) is 0 Å². The Morgan fingerprint density at radius 1 is 1.31 bits per heavy atom. The van der Waals surface area contributed by atoms with Crippen molar-refractivity contribution in [1.29, 1.82) is 0 Å². The van der Waals surface area contributed by atoms with Crippen LogP contribution >= 0.6 is 0 Å². The van der Waals surface area contributed by atoms with E-state index in [2.05, 4.69) is 15.3 Å². The van der Waals surface area contributed by atoms with Gasteiger partial charge in [0.05, 0.1) is 32.2 Å². The van der Waals surface area contributed by atoms with Crippen molar-refractivity contribution in [2.45, 2.75) is 45.6 Å². The smallest absolute Gasteiger partial charge is 0.233 e.